The van der Waals surface area contributed by atoms with E-state index in [0.29, 0.717) is 26.1 Å². The van der Waals surface area contributed by atoms with Gasteiger partial charge in [0, 0.05) is 12.8 Å². The normalized spacial score (nSPS) is 14.4. The second-order valence-corrected chi connectivity index (χ2v) is 22.0. The Hall–Kier alpha value is -0.776. The molecule has 0 bridgehead atoms. The Balaban J connectivity index is -0.000000539. The summed E-state index contributed by atoms with van der Waals surface area (Å²) < 4.78 is 17.0. The van der Waals surface area contributed by atoms with Crippen molar-refractivity contribution in [2.75, 3.05) is 13.2 Å². The van der Waals surface area contributed by atoms with Gasteiger partial charge >= 0.3 is 5.97 Å². The lowest BCUT2D eigenvalue weighted by Gasteiger charge is -2.35. The molecule has 0 aromatic heterocycles. The largest absolute Gasteiger partial charge is 0.458 e. The van der Waals surface area contributed by atoms with E-state index in [4.69, 9.17) is 30.3 Å². The number of hydrogen-bond acceptors (Lipinski definition) is 6. The molecular weight excluding hydrogens is 524 g/mol. The highest BCUT2D eigenvalue weighted by atomic mass is 35.5. The number of halogens is 1. The van der Waals surface area contributed by atoms with Crippen molar-refractivity contribution < 1.29 is 28.3 Å². The van der Waals surface area contributed by atoms with Gasteiger partial charge in [-0.25, -0.2) is 0 Å². The topological polar surface area (TPSA) is 82.1 Å². The van der Waals surface area contributed by atoms with Crippen molar-refractivity contribution in [1.82, 2.24) is 0 Å². The van der Waals surface area contributed by atoms with Crippen LogP contribution in [0.3, 0.4) is 0 Å². The average Bonchev–Trinajstić information content (AvgIpc) is 2.73. The summed E-state index contributed by atoms with van der Waals surface area (Å²) in [7, 11) is -3.28. The zero-order chi connectivity index (χ0) is 30.1. The molecule has 0 saturated heterocycles. The fraction of sp³-hybridized carbons (Fsp3) is 0.786. The molecule has 6 nitrogen and oxygen atoms in total. The Morgan fingerprint density at radius 1 is 0.811 bits per heavy atom. The van der Waals surface area contributed by atoms with Gasteiger partial charge in [-0.3, -0.25) is 9.59 Å². The fourth-order valence-corrected chi connectivity index (χ4v) is 3.67. The number of carbonyl (C=O) groups is 2. The van der Waals surface area contributed by atoms with Gasteiger partial charge in [0.25, 0.3) is 0 Å². The van der Waals surface area contributed by atoms with E-state index in [0.717, 1.165) is 0 Å². The predicted octanol–water partition coefficient (Wildman–Crippen LogP) is 8.01. The maximum Gasteiger partial charge on any atom is 0.306 e. The summed E-state index contributed by atoms with van der Waals surface area (Å²) in [5.41, 5.74) is 0. The van der Waals surface area contributed by atoms with Gasteiger partial charge in [-0.05, 0) is 67.8 Å². The van der Waals surface area contributed by atoms with Crippen LogP contribution in [-0.2, 0) is 23.2 Å². The van der Waals surface area contributed by atoms with E-state index in [1.165, 1.54) is 0 Å². The summed E-state index contributed by atoms with van der Waals surface area (Å²) in [5.74, 6) is -0.169. The lowest BCUT2D eigenvalue weighted by Crippen LogP contribution is -2.40. The van der Waals surface area contributed by atoms with E-state index in [1.807, 2.05) is 25.2 Å². The van der Waals surface area contributed by atoms with E-state index in [1.54, 1.807) is 26.8 Å². The van der Waals surface area contributed by atoms with Gasteiger partial charge in [-0.15, -0.1) is 0 Å². The monoisotopic (exact) mass is 580 g/mol. The molecule has 0 aromatic rings. The standard InChI is InChI=1S/C14H28O3Si.C11H24O2Si.C3H5ClO/c1-8-13(15)17-12(2)10-9-11-16-18(6,7)14(3,4)5;1-10(12)8-7-9-13-14(5,6)11(2,3)4;1-2-3(4)5/h9-10,12H,8,11H2,1-7H3;7-8,10,12H,9H2,1-6H3;2H2,1H3/b10-9-;8-7-;/t12-;10-;/m00./s1. The first-order valence-electron chi connectivity index (χ1n) is 13.2. The van der Waals surface area contributed by atoms with E-state index in [9.17, 15) is 9.59 Å². The van der Waals surface area contributed by atoms with Crippen LogP contribution >= 0.6 is 11.6 Å². The number of aliphatic hydroxyl groups excluding tert-OH is 1. The zero-order valence-electron chi connectivity index (χ0n) is 26.2. The summed E-state index contributed by atoms with van der Waals surface area (Å²) in [4.78, 5) is 20.6. The first-order valence-corrected chi connectivity index (χ1v) is 19.4. The van der Waals surface area contributed by atoms with Gasteiger partial charge in [0.15, 0.2) is 16.6 Å². The molecule has 0 radical (unpaired) electrons. The second kappa shape index (κ2) is 19.3. The SMILES string of the molecule is CCC(=O)Cl.CCC(=O)O[C@@H](C)/C=C\CO[Si](C)(C)C(C)(C)C.C[C@H](O)/C=C\CO[Si](C)(C)C(C)(C)C. The molecule has 9 heteroatoms. The van der Waals surface area contributed by atoms with Crippen LogP contribution in [0, 0.1) is 0 Å². The van der Waals surface area contributed by atoms with Gasteiger partial charge in [-0.1, -0.05) is 73.6 Å². The van der Waals surface area contributed by atoms with Crippen molar-refractivity contribution in [3.05, 3.63) is 24.3 Å². The van der Waals surface area contributed by atoms with Crippen LogP contribution in [0.2, 0.25) is 36.3 Å². The Morgan fingerprint density at radius 2 is 1.16 bits per heavy atom. The molecule has 0 spiro atoms. The van der Waals surface area contributed by atoms with Gasteiger partial charge in [0.1, 0.15) is 6.10 Å². The van der Waals surface area contributed by atoms with Crippen molar-refractivity contribution >= 4 is 39.4 Å². The summed E-state index contributed by atoms with van der Waals surface area (Å²) in [6.45, 7) is 30.5. The fourth-order valence-electron chi connectivity index (χ4n) is 1.78. The Morgan fingerprint density at radius 3 is 1.43 bits per heavy atom. The Bertz CT molecular complexity index is 690. The van der Waals surface area contributed by atoms with E-state index in [-0.39, 0.29) is 33.5 Å². The van der Waals surface area contributed by atoms with Crippen LogP contribution in [0.25, 0.3) is 0 Å². The van der Waals surface area contributed by atoms with Crippen molar-refractivity contribution in [2.24, 2.45) is 0 Å². The van der Waals surface area contributed by atoms with Gasteiger partial charge in [-0.2, -0.15) is 0 Å². The van der Waals surface area contributed by atoms with Crippen LogP contribution in [0.1, 0.15) is 82.1 Å². The lowest BCUT2D eigenvalue weighted by molar-refractivity contribution is -0.145. The summed E-state index contributed by atoms with van der Waals surface area (Å²) in [6.07, 6.45) is 7.76. The Kier molecular flexibility index (Phi) is 21.2. The summed E-state index contributed by atoms with van der Waals surface area (Å²) in [5, 5.41) is 9.22. The van der Waals surface area contributed by atoms with Crippen LogP contribution in [0.5, 0.6) is 0 Å². The smallest absolute Gasteiger partial charge is 0.306 e. The van der Waals surface area contributed by atoms with E-state index < -0.39 is 16.6 Å². The molecule has 0 saturated carbocycles. The highest BCUT2D eigenvalue weighted by Gasteiger charge is 2.37. The first kappa shape index (κ1) is 40.7. The van der Waals surface area contributed by atoms with Crippen LogP contribution in [0.4, 0.5) is 0 Å². The molecule has 0 aliphatic rings. The van der Waals surface area contributed by atoms with E-state index in [2.05, 4.69) is 67.7 Å². The average molecular weight is 581 g/mol. The molecule has 0 rings (SSSR count). The summed E-state index contributed by atoms with van der Waals surface area (Å²) >= 11 is 4.82. The molecule has 0 aromatic carbocycles. The van der Waals surface area contributed by atoms with Crippen LogP contribution in [0.15, 0.2) is 24.3 Å². The molecule has 0 unspecified atom stereocenters. The molecule has 0 fully saturated rings. The van der Waals surface area contributed by atoms with Crippen molar-refractivity contribution in [2.45, 2.75) is 131 Å². The molecule has 0 aliphatic heterocycles. The van der Waals surface area contributed by atoms with Crippen molar-refractivity contribution in [3.8, 4) is 0 Å². The molecule has 220 valence electrons. The number of ether oxygens (including phenoxy) is 1. The molecular formula is C28H57ClO6Si2. The highest BCUT2D eigenvalue weighted by Crippen LogP contribution is 2.37. The predicted molar refractivity (Wildman–Crippen MR) is 163 cm³/mol. The third-order valence-electron chi connectivity index (χ3n) is 6.40. The maximum absolute atomic E-state index is 11.1. The number of aliphatic hydroxyl groups is 1. The van der Waals surface area contributed by atoms with Gasteiger partial charge < -0.3 is 18.7 Å². The first-order chi connectivity index (χ1) is 16.5. The minimum Gasteiger partial charge on any atom is -0.458 e. The van der Waals surface area contributed by atoms with Crippen LogP contribution < -0.4 is 0 Å². The molecule has 2 atom stereocenters. The van der Waals surface area contributed by atoms with Crippen molar-refractivity contribution in [3.63, 3.8) is 0 Å². The number of rotatable bonds is 11. The minimum absolute atomic E-state index is 0.169. The molecule has 37 heavy (non-hydrogen) atoms. The van der Waals surface area contributed by atoms with E-state index >= 15 is 0 Å². The zero-order valence-corrected chi connectivity index (χ0v) is 28.9. The lowest BCUT2D eigenvalue weighted by atomic mass is 10.2. The number of hydrogen-bond donors (Lipinski definition) is 1. The molecule has 1 N–H and O–H groups in total. The number of esters is 1. The molecule has 0 amide bonds. The van der Waals surface area contributed by atoms with Gasteiger partial charge in [0.05, 0.1) is 19.3 Å². The van der Waals surface area contributed by atoms with Crippen LogP contribution in [-0.4, -0.2) is 58.4 Å². The minimum atomic E-state index is -1.67. The second-order valence-electron chi connectivity index (χ2n) is 12.0. The third kappa shape index (κ3) is 22.9. The Labute approximate surface area is 235 Å². The maximum atomic E-state index is 11.1. The number of carbonyl (C=O) groups excluding carboxylic acids is 2. The quantitative estimate of drug-likeness (QED) is 0.115. The highest BCUT2D eigenvalue weighted by molar-refractivity contribution is 6.74. The van der Waals surface area contributed by atoms with Gasteiger partial charge in [0.2, 0.25) is 5.24 Å². The third-order valence-corrected chi connectivity index (χ3v) is 15.7. The van der Waals surface area contributed by atoms with Crippen molar-refractivity contribution in [1.29, 1.82) is 0 Å². The molecule has 0 aliphatic carbocycles. The molecule has 0 heterocycles. The summed E-state index contributed by atoms with van der Waals surface area (Å²) in [6, 6.07) is 0.